The molecule has 0 saturated heterocycles. The molecular formula is C8H9ClN2O4S. The number of carbonyl (C=O) groups is 1. The molecule has 0 fully saturated rings. The van der Waals surface area contributed by atoms with Crippen molar-refractivity contribution in [1.82, 2.24) is 5.32 Å². The third-order valence-electron chi connectivity index (χ3n) is 1.71. The number of phenols is 1. The fourth-order valence-electron chi connectivity index (χ4n) is 0.981. The number of rotatable bonds is 2. The van der Waals surface area contributed by atoms with Crippen LogP contribution in [0.25, 0.3) is 0 Å². The van der Waals surface area contributed by atoms with Gasteiger partial charge in [-0.05, 0) is 18.2 Å². The molecule has 0 unspecified atom stereocenters. The molecular weight excluding hydrogens is 256 g/mol. The molecule has 0 aliphatic heterocycles. The van der Waals surface area contributed by atoms with Gasteiger partial charge in [0.05, 0.1) is 0 Å². The third-order valence-corrected chi connectivity index (χ3v) is 3.06. The van der Waals surface area contributed by atoms with Crippen molar-refractivity contribution >= 4 is 31.5 Å². The van der Waals surface area contributed by atoms with E-state index in [1.807, 2.05) is 0 Å². The summed E-state index contributed by atoms with van der Waals surface area (Å²) in [5.41, 5.74) is 0.205. The van der Waals surface area contributed by atoms with E-state index in [0.717, 1.165) is 12.1 Å². The van der Waals surface area contributed by atoms with Gasteiger partial charge in [-0.25, -0.2) is 13.2 Å². The number of carbonyl (C=O) groups excluding carboxylic acids is 1. The molecule has 6 nitrogen and oxygen atoms in total. The lowest BCUT2D eigenvalue weighted by atomic mass is 10.3. The first-order valence-electron chi connectivity index (χ1n) is 4.11. The maximum absolute atomic E-state index is 11.0. The highest BCUT2D eigenvalue weighted by Gasteiger charge is 2.16. The van der Waals surface area contributed by atoms with Crippen LogP contribution < -0.4 is 10.6 Å². The zero-order chi connectivity index (χ0) is 12.3. The summed E-state index contributed by atoms with van der Waals surface area (Å²) in [5.74, 6) is -0.475. The van der Waals surface area contributed by atoms with Crippen LogP contribution in [0.4, 0.5) is 10.5 Å². The molecule has 8 heteroatoms. The molecule has 1 aromatic rings. The van der Waals surface area contributed by atoms with Crippen molar-refractivity contribution in [2.45, 2.75) is 4.90 Å². The van der Waals surface area contributed by atoms with Gasteiger partial charge in [0.15, 0.2) is 0 Å². The summed E-state index contributed by atoms with van der Waals surface area (Å²) < 4.78 is 22.1. The van der Waals surface area contributed by atoms with E-state index in [-0.39, 0.29) is 5.69 Å². The number of benzene rings is 1. The van der Waals surface area contributed by atoms with E-state index in [1.165, 1.54) is 13.1 Å². The van der Waals surface area contributed by atoms with Gasteiger partial charge in [0.25, 0.3) is 9.05 Å². The Morgan fingerprint density at radius 2 is 2.06 bits per heavy atom. The number of anilines is 1. The van der Waals surface area contributed by atoms with E-state index in [9.17, 15) is 18.3 Å². The van der Waals surface area contributed by atoms with Crippen molar-refractivity contribution in [3.05, 3.63) is 18.2 Å². The van der Waals surface area contributed by atoms with E-state index < -0.39 is 25.7 Å². The molecule has 0 radical (unpaired) electrons. The van der Waals surface area contributed by atoms with Gasteiger partial charge < -0.3 is 15.7 Å². The highest BCUT2D eigenvalue weighted by Crippen LogP contribution is 2.28. The second-order valence-corrected chi connectivity index (χ2v) is 5.36. The molecule has 0 atom stereocenters. The van der Waals surface area contributed by atoms with Gasteiger partial charge in [0, 0.05) is 23.4 Å². The number of aromatic hydroxyl groups is 1. The minimum atomic E-state index is -4.05. The van der Waals surface area contributed by atoms with Crippen molar-refractivity contribution in [3.63, 3.8) is 0 Å². The molecule has 0 aromatic heterocycles. The van der Waals surface area contributed by atoms with Gasteiger partial charge >= 0.3 is 6.03 Å². The van der Waals surface area contributed by atoms with Gasteiger partial charge in [0.2, 0.25) is 0 Å². The van der Waals surface area contributed by atoms with Gasteiger partial charge in [0.1, 0.15) is 10.6 Å². The zero-order valence-corrected chi connectivity index (χ0v) is 9.76. The number of halogens is 1. The standard InChI is InChI=1S/C8H9ClN2O4S/c1-10-8(13)11-5-2-3-6(12)7(4-5)16(9,14)15/h2-4,12H,1H3,(H2,10,11,13). The Kier molecular flexibility index (Phi) is 3.61. The van der Waals surface area contributed by atoms with E-state index in [2.05, 4.69) is 10.6 Å². The molecule has 0 aliphatic carbocycles. The molecule has 0 saturated carbocycles. The Labute approximate surface area is 96.6 Å². The SMILES string of the molecule is CNC(=O)Nc1ccc(O)c(S(=O)(=O)Cl)c1. The highest BCUT2D eigenvalue weighted by molar-refractivity contribution is 8.13. The molecule has 0 heterocycles. The van der Waals surface area contributed by atoms with Crippen molar-refractivity contribution in [3.8, 4) is 5.75 Å². The summed E-state index contributed by atoms with van der Waals surface area (Å²) in [6.07, 6.45) is 0. The summed E-state index contributed by atoms with van der Waals surface area (Å²) in [5, 5.41) is 13.9. The summed E-state index contributed by atoms with van der Waals surface area (Å²) in [6, 6.07) is 3.02. The number of nitrogens with one attached hydrogen (secondary N) is 2. The van der Waals surface area contributed by atoms with Crippen LogP contribution in [0.2, 0.25) is 0 Å². The van der Waals surface area contributed by atoms with Gasteiger partial charge in [-0.3, -0.25) is 0 Å². The number of hydrogen-bond donors (Lipinski definition) is 3. The van der Waals surface area contributed by atoms with Crippen molar-refractivity contribution in [2.75, 3.05) is 12.4 Å². The highest BCUT2D eigenvalue weighted by atomic mass is 35.7. The van der Waals surface area contributed by atoms with Crippen LogP contribution in [-0.4, -0.2) is 26.6 Å². The summed E-state index contributed by atoms with van der Waals surface area (Å²) in [7, 11) is 2.45. The van der Waals surface area contributed by atoms with Crippen molar-refractivity contribution in [1.29, 1.82) is 0 Å². The first-order valence-corrected chi connectivity index (χ1v) is 6.42. The summed E-state index contributed by atoms with van der Waals surface area (Å²) in [6.45, 7) is 0. The van der Waals surface area contributed by atoms with Gasteiger partial charge in [-0.15, -0.1) is 0 Å². The maximum atomic E-state index is 11.0. The number of urea groups is 1. The average Bonchev–Trinajstić information content (AvgIpc) is 2.19. The molecule has 1 aromatic carbocycles. The second-order valence-electron chi connectivity index (χ2n) is 2.82. The third kappa shape index (κ3) is 3.01. The lowest BCUT2D eigenvalue weighted by molar-refractivity contribution is 0.254. The Bertz CT molecular complexity index is 515. The monoisotopic (exact) mass is 264 g/mol. The van der Waals surface area contributed by atoms with Crippen LogP contribution in [0.3, 0.4) is 0 Å². The number of phenolic OH excluding ortho intramolecular Hbond substituents is 1. The first kappa shape index (κ1) is 12.6. The Hall–Kier alpha value is -1.47. The molecule has 0 aliphatic rings. The smallest absolute Gasteiger partial charge is 0.318 e. The Morgan fingerprint density at radius 1 is 1.44 bits per heavy atom. The van der Waals surface area contributed by atoms with Crippen LogP contribution in [0.5, 0.6) is 5.75 Å². The van der Waals surface area contributed by atoms with E-state index >= 15 is 0 Å². The van der Waals surface area contributed by atoms with Gasteiger partial charge in [-0.2, -0.15) is 0 Å². The van der Waals surface area contributed by atoms with E-state index in [0.29, 0.717) is 0 Å². The Morgan fingerprint density at radius 3 is 2.56 bits per heavy atom. The maximum Gasteiger partial charge on any atom is 0.318 e. The Balaban J connectivity index is 3.13. The van der Waals surface area contributed by atoms with Crippen LogP contribution in [0.1, 0.15) is 0 Å². The molecule has 16 heavy (non-hydrogen) atoms. The fraction of sp³-hybridized carbons (Fsp3) is 0.125. The van der Waals surface area contributed by atoms with Crippen molar-refractivity contribution < 1.29 is 18.3 Å². The van der Waals surface area contributed by atoms with Crippen LogP contribution in [0.15, 0.2) is 23.1 Å². The van der Waals surface area contributed by atoms with E-state index in [4.69, 9.17) is 10.7 Å². The second kappa shape index (κ2) is 4.58. The molecule has 3 N–H and O–H groups in total. The van der Waals surface area contributed by atoms with Crippen LogP contribution >= 0.6 is 10.7 Å². The normalized spacial score (nSPS) is 10.9. The van der Waals surface area contributed by atoms with Crippen molar-refractivity contribution in [2.24, 2.45) is 0 Å². The zero-order valence-electron chi connectivity index (χ0n) is 8.19. The number of amides is 2. The molecule has 1 rings (SSSR count). The largest absolute Gasteiger partial charge is 0.507 e. The quantitative estimate of drug-likeness (QED) is 0.550. The fourth-order valence-corrected chi connectivity index (χ4v) is 1.94. The molecule has 0 bridgehead atoms. The first-order chi connectivity index (χ1) is 7.34. The topological polar surface area (TPSA) is 95.5 Å². The molecule has 0 spiro atoms. The van der Waals surface area contributed by atoms with E-state index in [1.54, 1.807) is 0 Å². The van der Waals surface area contributed by atoms with Crippen LogP contribution in [0, 0.1) is 0 Å². The lowest BCUT2D eigenvalue weighted by Crippen LogP contribution is -2.24. The minimum Gasteiger partial charge on any atom is -0.507 e. The predicted molar refractivity (Wildman–Crippen MR) is 59.2 cm³/mol. The molecule has 88 valence electrons. The number of hydrogen-bond acceptors (Lipinski definition) is 4. The minimum absolute atomic E-state index is 0.205. The van der Waals surface area contributed by atoms with Crippen LogP contribution in [-0.2, 0) is 9.05 Å². The summed E-state index contributed by atoms with van der Waals surface area (Å²) in [4.78, 5) is 10.5. The lowest BCUT2D eigenvalue weighted by Gasteiger charge is -2.06. The predicted octanol–water partition coefficient (Wildman–Crippen LogP) is 1.07. The molecule has 2 amide bonds. The summed E-state index contributed by atoms with van der Waals surface area (Å²) >= 11 is 0. The van der Waals surface area contributed by atoms with Gasteiger partial charge in [-0.1, -0.05) is 0 Å². The average molecular weight is 265 g/mol.